The van der Waals surface area contributed by atoms with E-state index in [0.717, 1.165) is 22.2 Å². The summed E-state index contributed by atoms with van der Waals surface area (Å²) in [6.45, 7) is 0. The molecule has 0 saturated carbocycles. The third-order valence-corrected chi connectivity index (χ3v) is 3.81. The summed E-state index contributed by atoms with van der Waals surface area (Å²) in [5, 5.41) is 4.14. The molecule has 0 atom stereocenters. The van der Waals surface area contributed by atoms with Crippen LogP contribution < -0.4 is 5.32 Å². The van der Waals surface area contributed by atoms with Gasteiger partial charge in [-0.05, 0) is 6.07 Å². The fourth-order valence-corrected chi connectivity index (χ4v) is 2.71. The molecule has 1 aromatic heterocycles. The summed E-state index contributed by atoms with van der Waals surface area (Å²) in [5.41, 5.74) is 3.91. The van der Waals surface area contributed by atoms with E-state index in [2.05, 4.69) is 5.32 Å². The summed E-state index contributed by atoms with van der Waals surface area (Å²) >= 11 is 0. The van der Waals surface area contributed by atoms with Crippen LogP contribution >= 0.6 is 0 Å². The fraction of sp³-hybridized carbons (Fsp3) is 0.158. The summed E-state index contributed by atoms with van der Waals surface area (Å²) < 4.78 is 0. The van der Waals surface area contributed by atoms with Crippen molar-refractivity contribution in [3.63, 3.8) is 0 Å². The third-order valence-electron chi connectivity index (χ3n) is 3.81. The molecule has 3 rings (SSSR count). The van der Waals surface area contributed by atoms with Gasteiger partial charge in [-0.1, -0.05) is 48.5 Å². The van der Waals surface area contributed by atoms with Crippen LogP contribution in [0.2, 0.25) is 0 Å². The predicted molar refractivity (Wildman–Crippen MR) is 94.7 cm³/mol. The second-order valence-corrected chi connectivity index (χ2v) is 5.54. The van der Waals surface area contributed by atoms with Gasteiger partial charge in [0.1, 0.15) is 0 Å². The number of pyridine rings is 1. The lowest BCUT2D eigenvalue weighted by molar-refractivity contribution is 0.0829. The number of amides is 1. The maximum Gasteiger partial charge on any atom is 0.257 e. The molecule has 1 amide bonds. The van der Waals surface area contributed by atoms with Crippen LogP contribution in [0.15, 0.2) is 54.6 Å². The maximum atomic E-state index is 12.8. The average molecular weight is 305 g/mol. The molecule has 4 nitrogen and oxygen atoms in total. The number of hydrogen-bond acceptors (Lipinski definition) is 3. The van der Waals surface area contributed by atoms with Gasteiger partial charge < -0.3 is 10.2 Å². The summed E-state index contributed by atoms with van der Waals surface area (Å²) in [4.78, 5) is 19.2. The highest BCUT2D eigenvalue weighted by Gasteiger charge is 2.22. The molecule has 2 aromatic carbocycles. The number of para-hydroxylation sites is 1. The minimum Gasteiger partial charge on any atom is -0.387 e. The van der Waals surface area contributed by atoms with Crippen molar-refractivity contribution in [2.24, 2.45) is 0 Å². The zero-order chi connectivity index (χ0) is 16.4. The number of rotatable bonds is 3. The third kappa shape index (κ3) is 2.63. The number of benzene rings is 2. The SMILES string of the molecule is CNc1c(C(=O)N(C)C)c(-c2ccccc2)nc2ccccc12. The number of fused-ring (bicyclic) bond motifs is 1. The topological polar surface area (TPSA) is 45.2 Å². The average Bonchev–Trinajstić information content (AvgIpc) is 2.60. The Morgan fingerprint density at radius 1 is 1.00 bits per heavy atom. The number of carbonyl (C=O) groups excluding carboxylic acids is 1. The Hall–Kier alpha value is -2.88. The van der Waals surface area contributed by atoms with Crippen molar-refractivity contribution >= 4 is 22.5 Å². The van der Waals surface area contributed by atoms with Crippen molar-refractivity contribution in [3.8, 4) is 11.3 Å². The van der Waals surface area contributed by atoms with Crippen molar-refractivity contribution < 1.29 is 4.79 Å². The summed E-state index contributed by atoms with van der Waals surface area (Å²) in [5.74, 6) is -0.0635. The number of hydrogen-bond donors (Lipinski definition) is 1. The first-order valence-electron chi connectivity index (χ1n) is 7.51. The van der Waals surface area contributed by atoms with Crippen molar-refractivity contribution in [2.75, 3.05) is 26.5 Å². The highest BCUT2D eigenvalue weighted by atomic mass is 16.2. The molecule has 0 bridgehead atoms. The first-order valence-corrected chi connectivity index (χ1v) is 7.51. The van der Waals surface area contributed by atoms with E-state index in [1.807, 2.05) is 61.6 Å². The van der Waals surface area contributed by atoms with Gasteiger partial charge in [-0.15, -0.1) is 0 Å². The van der Waals surface area contributed by atoms with Crippen LogP contribution in [0.5, 0.6) is 0 Å². The summed E-state index contributed by atoms with van der Waals surface area (Å²) in [7, 11) is 5.35. The number of aromatic nitrogens is 1. The van der Waals surface area contributed by atoms with E-state index in [1.54, 1.807) is 19.0 Å². The second-order valence-electron chi connectivity index (χ2n) is 5.54. The first-order chi connectivity index (χ1) is 11.1. The van der Waals surface area contributed by atoms with Crippen molar-refractivity contribution in [2.45, 2.75) is 0 Å². The highest BCUT2D eigenvalue weighted by Crippen LogP contribution is 2.34. The van der Waals surface area contributed by atoms with Gasteiger partial charge >= 0.3 is 0 Å². The Morgan fingerprint density at radius 3 is 2.30 bits per heavy atom. The fourth-order valence-electron chi connectivity index (χ4n) is 2.71. The van der Waals surface area contributed by atoms with Crippen LogP contribution in [0.1, 0.15) is 10.4 Å². The standard InChI is InChI=1S/C19H19N3O/c1-20-18-14-11-7-8-12-15(14)21-17(13-9-5-4-6-10-13)16(18)19(23)22(2)3/h4-12H,1-3H3,(H,20,21). The van der Waals surface area contributed by atoms with E-state index in [9.17, 15) is 4.79 Å². The van der Waals surface area contributed by atoms with Crippen LogP contribution in [0.25, 0.3) is 22.2 Å². The van der Waals surface area contributed by atoms with Gasteiger partial charge in [-0.25, -0.2) is 4.98 Å². The molecule has 0 aliphatic heterocycles. The molecule has 0 saturated heterocycles. The molecular weight excluding hydrogens is 286 g/mol. The van der Waals surface area contributed by atoms with E-state index in [0.29, 0.717) is 11.3 Å². The first kappa shape index (κ1) is 15.0. The van der Waals surface area contributed by atoms with Gasteiger partial charge in [-0.3, -0.25) is 4.79 Å². The van der Waals surface area contributed by atoms with Gasteiger partial charge in [0.15, 0.2) is 0 Å². The van der Waals surface area contributed by atoms with E-state index in [4.69, 9.17) is 4.98 Å². The quantitative estimate of drug-likeness (QED) is 0.803. The Labute approximate surface area is 135 Å². The van der Waals surface area contributed by atoms with Crippen LogP contribution in [-0.4, -0.2) is 36.9 Å². The second kappa shape index (κ2) is 6.08. The van der Waals surface area contributed by atoms with E-state index in [-0.39, 0.29) is 5.91 Å². The lowest BCUT2D eigenvalue weighted by Crippen LogP contribution is -2.24. The number of carbonyl (C=O) groups is 1. The maximum absolute atomic E-state index is 12.8. The zero-order valence-corrected chi connectivity index (χ0v) is 13.5. The molecule has 0 spiro atoms. The largest absolute Gasteiger partial charge is 0.387 e. The van der Waals surface area contributed by atoms with Crippen LogP contribution in [0.4, 0.5) is 5.69 Å². The lowest BCUT2D eigenvalue weighted by Gasteiger charge is -2.19. The molecule has 0 aliphatic carbocycles. The van der Waals surface area contributed by atoms with Gasteiger partial charge in [0.05, 0.1) is 22.5 Å². The molecule has 116 valence electrons. The smallest absolute Gasteiger partial charge is 0.257 e. The van der Waals surface area contributed by atoms with Gasteiger partial charge in [0.2, 0.25) is 0 Å². The lowest BCUT2D eigenvalue weighted by atomic mass is 9.99. The Bertz CT molecular complexity index is 857. The predicted octanol–water partition coefficient (Wildman–Crippen LogP) is 3.65. The van der Waals surface area contributed by atoms with Crippen molar-refractivity contribution in [1.29, 1.82) is 0 Å². The van der Waals surface area contributed by atoms with Crippen LogP contribution in [0, 0.1) is 0 Å². The normalized spacial score (nSPS) is 10.6. The summed E-state index contributed by atoms with van der Waals surface area (Å²) in [6.07, 6.45) is 0. The molecule has 3 aromatic rings. The van der Waals surface area contributed by atoms with Gasteiger partial charge in [0.25, 0.3) is 5.91 Å². The van der Waals surface area contributed by atoms with Gasteiger partial charge in [0, 0.05) is 32.1 Å². The van der Waals surface area contributed by atoms with Crippen LogP contribution in [0.3, 0.4) is 0 Å². The number of nitrogens with one attached hydrogen (secondary N) is 1. The molecule has 0 fully saturated rings. The van der Waals surface area contributed by atoms with Crippen molar-refractivity contribution in [1.82, 2.24) is 9.88 Å². The minimum absolute atomic E-state index is 0.0635. The molecule has 0 aliphatic rings. The van der Waals surface area contributed by atoms with Crippen molar-refractivity contribution in [3.05, 3.63) is 60.2 Å². The number of anilines is 1. The summed E-state index contributed by atoms with van der Waals surface area (Å²) in [6, 6.07) is 17.7. The Kier molecular flexibility index (Phi) is 3.98. The molecule has 0 unspecified atom stereocenters. The highest BCUT2D eigenvalue weighted by molar-refractivity contribution is 6.11. The van der Waals surface area contributed by atoms with Gasteiger partial charge in [-0.2, -0.15) is 0 Å². The minimum atomic E-state index is -0.0635. The molecular formula is C19H19N3O. The molecule has 1 N–H and O–H groups in total. The molecule has 23 heavy (non-hydrogen) atoms. The Morgan fingerprint density at radius 2 is 1.65 bits per heavy atom. The van der Waals surface area contributed by atoms with E-state index >= 15 is 0 Å². The molecule has 4 heteroatoms. The van der Waals surface area contributed by atoms with E-state index in [1.165, 1.54) is 0 Å². The van der Waals surface area contributed by atoms with E-state index < -0.39 is 0 Å². The number of nitrogens with zero attached hydrogens (tertiary/aromatic N) is 2. The molecule has 0 radical (unpaired) electrons. The zero-order valence-electron chi connectivity index (χ0n) is 13.5. The Balaban J connectivity index is 2.41. The molecule has 1 heterocycles. The van der Waals surface area contributed by atoms with Crippen LogP contribution in [-0.2, 0) is 0 Å². The monoisotopic (exact) mass is 305 g/mol.